The van der Waals surface area contributed by atoms with Crippen LogP contribution in [0.1, 0.15) is 11.1 Å². The van der Waals surface area contributed by atoms with Crippen molar-refractivity contribution in [2.45, 2.75) is 13.5 Å². The van der Waals surface area contributed by atoms with Gasteiger partial charge in [-0.3, -0.25) is 4.68 Å². The van der Waals surface area contributed by atoms with Crippen LogP contribution in [0.2, 0.25) is 0 Å². The maximum atomic E-state index is 13.5. The molecule has 0 aliphatic carbocycles. The van der Waals surface area contributed by atoms with Crippen molar-refractivity contribution >= 4 is 0 Å². The standard InChI is InChI=1S/C24H20F2N2O/c1-16-23(18-6-10-20(25)11-7-18)27-28(15-17-4-3-5-22(14-17)29-2)24(16)19-8-12-21(26)13-9-19/h3-14H,15H2,1-2H3. The molecule has 1 aromatic heterocycles. The predicted octanol–water partition coefficient (Wildman–Crippen LogP) is 5.86. The van der Waals surface area contributed by atoms with E-state index in [2.05, 4.69) is 0 Å². The molecule has 0 amide bonds. The Labute approximate surface area is 168 Å². The average Bonchev–Trinajstić information content (AvgIpc) is 3.05. The lowest BCUT2D eigenvalue weighted by Crippen LogP contribution is -2.04. The monoisotopic (exact) mass is 390 g/mol. The molecular weight excluding hydrogens is 370 g/mol. The third kappa shape index (κ3) is 3.90. The number of aromatic nitrogens is 2. The third-order valence-electron chi connectivity index (χ3n) is 4.89. The first-order chi connectivity index (χ1) is 14.0. The summed E-state index contributed by atoms with van der Waals surface area (Å²) < 4.78 is 34.1. The largest absolute Gasteiger partial charge is 0.497 e. The molecule has 3 aromatic carbocycles. The number of nitrogens with zero attached hydrogens (tertiary/aromatic N) is 2. The van der Waals surface area contributed by atoms with Crippen LogP contribution in [0.15, 0.2) is 72.8 Å². The Bertz CT molecular complexity index is 1130. The van der Waals surface area contributed by atoms with Crippen LogP contribution in [0, 0.1) is 18.6 Å². The van der Waals surface area contributed by atoms with Crippen molar-refractivity contribution in [2.75, 3.05) is 7.11 Å². The minimum Gasteiger partial charge on any atom is -0.497 e. The van der Waals surface area contributed by atoms with Crippen LogP contribution in [-0.2, 0) is 6.54 Å². The minimum absolute atomic E-state index is 0.288. The quantitative estimate of drug-likeness (QED) is 0.427. The number of hydrogen-bond donors (Lipinski definition) is 0. The Morgan fingerprint density at radius 1 is 0.862 bits per heavy atom. The molecule has 29 heavy (non-hydrogen) atoms. The summed E-state index contributed by atoms with van der Waals surface area (Å²) >= 11 is 0. The van der Waals surface area contributed by atoms with E-state index in [0.717, 1.165) is 39.4 Å². The number of ether oxygens (including phenoxy) is 1. The van der Waals surface area contributed by atoms with Gasteiger partial charge < -0.3 is 4.74 Å². The molecule has 0 aliphatic heterocycles. The Morgan fingerprint density at radius 2 is 1.48 bits per heavy atom. The number of methoxy groups -OCH3 is 1. The van der Waals surface area contributed by atoms with Gasteiger partial charge in [0.1, 0.15) is 17.4 Å². The van der Waals surface area contributed by atoms with Crippen LogP contribution in [0.3, 0.4) is 0 Å². The van der Waals surface area contributed by atoms with Gasteiger partial charge in [0.15, 0.2) is 0 Å². The second-order valence-electron chi connectivity index (χ2n) is 6.85. The lowest BCUT2D eigenvalue weighted by Gasteiger charge is -2.10. The topological polar surface area (TPSA) is 27.1 Å². The van der Waals surface area contributed by atoms with E-state index in [1.54, 1.807) is 31.4 Å². The first kappa shape index (κ1) is 18.9. The smallest absolute Gasteiger partial charge is 0.123 e. The average molecular weight is 390 g/mol. The van der Waals surface area contributed by atoms with Crippen molar-refractivity contribution in [3.8, 4) is 28.3 Å². The zero-order chi connectivity index (χ0) is 20.4. The summed E-state index contributed by atoms with van der Waals surface area (Å²) in [4.78, 5) is 0. The first-order valence-corrected chi connectivity index (χ1v) is 9.27. The fourth-order valence-corrected chi connectivity index (χ4v) is 3.46. The lowest BCUT2D eigenvalue weighted by atomic mass is 10.0. The van der Waals surface area contributed by atoms with Crippen molar-refractivity contribution in [3.63, 3.8) is 0 Å². The molecule has 1 heterocycles. The maximum Gasteiger partial charge on any atom is 0.123 e. The van der Waals surface area contributed by atoms with E-state index in [1.165, 1.54) is 24.3 Å². The SMILES string of the molecule is COc1cccc(Cn2nc(-c3ccc(F)cc3)c(C)c2-c2ccc(F)cc2)c1. The van der Waals surface area contributed by atoms with Crippen LogP contribution >= 0.6 is 0 Å². The van der Waals surface area contributed by atoms with E-state index < -0.39 is 0 Å². The normalized spacial score (nSPS) is 10.9. The molecular formula is C24H20F2N2O. The predicted molar refractivity (Wildman–Crippen MR) is 110 cm³/mol. The van der Waals surface area contributed by atoms with Crippen molar-refractivity contribution in [2.24, 2.45) is 0 Å². The van der Waals surface area contributed by atoms with E-state index in [0.29, 0.717) is 6.54 Å². The Hall–Kier alpha value is -3.47. The summed E-state index contributed by atoms with van der Waals surface area (Å²) in [6.45, 7) is 2.50. The van der Waals surface area contributed by atoms with Gasteiger partial charge in [0.25, 0.3) is 0 Å². The molecule has 5 heteroatoms. The second-order valence-corrected chi connectivity index (χ2v) is 6.85. The number of halogens is 2. The van der Waals surface area contributed by atoms with E-state index in [9.17, 15) is 8.78 Å². The number of hydrogen-bond acceptors (Lipinski definition) is 2. The molecule has 0 aliphatic rings. The number of rotatable bonds is 5. The van der Waals surface area contributed by atoms with Gasteiger partial charge in [-0.15, -0.1) is 0 Å². The minimum atomic E-state index is -0.291. The summed E-state index contributed by atoms with van der Waals surface area (Å²) in [6, 6.07) is 20.4. The van der Waals surface area contributed by atoms with Crippen LogP contribution < -0.4 is 4.74 Å². The van der Waals surface area contributed by atoms with Gasteiger partial charge in [-0.2, -0.15) is 5.10 Å². The van der Waals surface area contributed by atoms with Gasteiger partial charge >= 0.3 is 0 Å². The Balaban J connectivity index is 1.84. The molecule has 0 saturated carbocycles. The van der Waals surface area contributed by atoms with Crippen molar-refractivity contribution in [3.05, 3.63) is 95.6 Å². The Morgan fingerprint density at radius 3 is 2.10 bits per heavy atom. The fraction of sp³-hybridized carbons (Fsp3) is 0.125. The van der Waals surface area contributed by atoms with Crippen LogP contribution in [-0.4, -0.2) is 16.9 Å². The molecule has 3 nitrogen and oxygen atoms in total. The first-order valence-electron chi connectivity index (χ1n) is 9.27. The van der Waals surface area contributed by atoms with E-state index in [4.69, 9.17) is 9.84 Å². The summed E-state index contributed by atoms with van der Waals surface area (Å²) in [5.74, 6) is 0.193. The van der Waals surface area contributed by atoms with Gasteiger partial charge in [-0.1, -0.05) is 12.1 Å². The lowest BCUT2D eigenvalue weighted by molar-refractivity contribution is 0.414. The van der Waals surface area contributed by atoms with E-state index in [1.807, 2.05) is 35.9 Å². The summed E-state index contributed by atoms with van der Waals surface area (Å²) in [5.41, 5.74) is 5.34. The van der Waals surface area contributed by atoms with Gasteiger partial charge in [-0.25, -0.2) is 8.78 Å². The van der Waals surface area contributed by atoms with Gasteiger partial charge in [-0.05, 0) is 73.2 Å². The summed E-state index contributed by atoms with van der Waals surface area (Å²) in [5, 5.41) is 4.82. The molecule has 146 valence electrons. The van der Waals surface area contributed by atoms with E-state index >= 15 is 0 Å². The molecule has 0 spiro atoms. The van der Waals surface area contributed by atoms with Gasteiger partial charge in [0.05, 0.1) is 25.0 Å². The molecule has 0 fully saturated rings. The summed E-state index contributed by atoms with van der Waals surface area (Å²) in [6.07, 6.45) is 0. The highest BCUT2D eigenvalue weighted by Crippen LogP contribution is 2.32. The van der Waals surface area contributed by atoms with Gasteiger partial charge in [0, 0.05) is 16.7 Å². The Kier molecular flexibility index (Phi) is 5.12. The van der Waals surface area contributed by atoms with Crippen molar-refractivity contribution in [1.82, 2.24) is 9.78 Å². The second kappa shape index (κ2) is 7.87. The highest BCUT2D eigenvalue weighted by molar-refractivity contribution is 5.74. The van der Waals surface area contributed by atoms with Crippen molar-refractivity contribution < 1.29 is 13.5 Å². The highest BCUT2D eigenvalue weighted by Gasteiger charge is 2.18. The molecule has 0 bridgehead atoms. The third-order valence-corrected chi connectivity index (χ3v) is 4.89. The molecule has 0 unspecified atom stereocenters. The number of benzene rings is 3. The summed E-state index contributed by atoms with van der Waals surface area (Å²) in [7, 11) is 1.63. The maximum absolute atomic E-state index is 13.5. The van der Waals surface area contributed by atoms with Crippen LogP contribution in [0.25, 0.3) is 22.5 Å². The molecule has 0 radical (unpaired) electrons. The fourth-order valence-electron chi connectivity index (χ4n) is 3.46. The molecule has 0 saturated heterocycles. The van der Waals surface area contributed by atoms with Gasteiger partial charge in [0.2, 0.25) is 0 Å². The van der Waals surface area contributed by atoms with Crippen LogP contribution in [0.5, 0.6) is 5.75 Å². The van der Waals surface area contributed by atoms with Crippen LogP contribution in [0.4, 0.5) is 8.78 Å². The molecule has 4 aromatic rings. The zero-order valence-corrected chi connectivity index (χ0v) is 16.2. The highest BCUT2D eigenvalue weighted by atomic mass is 19.1. The molecule has 4 rings (SSSR count). The van der Waals surface area contributed by atoms with Crippen molar-refractivity contribution in [1.29, 1.82) is 0 Å². The molecule has 0 atom stereocenters. The zero-order valence-electron chi connectivity index (χ0n) is 16.2. The van der Waals surface area contributed by atoms with E-state index in [-0.39, 0.29) is 11.6 Å². The molecule has 0 N–H and O–H groups in total.